The number of para-hydroxylation sites is 2. The minimum Gasteiger partial charge on any atom is -0.257 e. The van der Waals surface area contributed by atoms with Crippen molar-refractivity contribution in [2.45, 2.75) is 54.9 Å². The molecule has 0 aliphatic heterocycles. The second-order valence-electron chi connectivity index (χ2n) is 6.95. The second-order valence-corrected chi connectivity index (χ2v) is 6.95. The minimum absolute atomic E-state index is 0.262. The standard InChI is InChI=1S/C23H30N2/c1-8-21(19(6)24-22-15(2)11-9-12-16(22)3)20(7)25-23-17(4)13-10-14-18(23)5/h9-14,21H,8H2,1-7H3. The van der Waals surface area contributed by atoms with Crippen molar-refractivity contribution in [3.8, 4) is 0 Å². The molecule has 132 valence electrons. The van der Waals surface area contributed by atoms with Gasteiger partial charge in [0.05, 0.1) is 11.4 Å². The molecule has 0 fully saturated rings. The summed E-state index contributed by atoms with van der Waals surface area (Å²) in [5, 5.41) is 0. The quantitative estimate of drug-likeness (QED) is 0.535. The Labute approximate surface area is 152 Å². The molecule has 0 aliphatic rings. The average molecular weight is 335 g/mol. The molecule has 2 aromatic carbocycles. The Morgan fingerprint density at radius 1 is 0.720 bits per heavy atom. The van der Waals surface area contributed by atoms with Gasteiger partial charge in [-0.15, -0.1) is 0 Å². The molecule has 0 unspecified atom stereocenters. The first-order chi connectivity index (χ1) is 11.8. The van der Waals surface area contributed by atoms with Crippen molar-refractivity contribution in [2.75, 3.05) is 0 Å². The molecular weight excluding hydrogens is 304 g/mol. The maximum atomic E-state index is 4.97. The molecule has 0 saturated heterocycles. The number of benzene rings is 2. The highest BCUT2D eigenvalue weighted by Crippen LogP contribution is 2.27. The lowest BCUT2D eigenvalue weighted by molar-refractivity contribution is 0.847. The molecule has 2 heteroatoms. The Morgan fingerprint density at radius 2 is 1.04 bits per heavy atom. The zero-order valence-electron chi connectivity index (χ0n) is 16.6. The fraction of sp³-hybridized carbons (Fsp3) is 0.391. The van der Waals surface area contributed by atoms with E-state index >= 15 is 0 Å². The van der Waals surface area contributed by atoms with Crippen LogP contribution in [-0.2, 0) is 0 Å². The van der Waals surface area contributed by atoms with Crippen LogP contribution in [0.1, 0.15) is 49.4 Å². The second kappa shape index (κ2) is 8.24. The third-order valence-corrected chi connectivity index (χ3v) is 4.87. The molecule has 2 rings (SSSR count). The first kappa shape index (κ1) is 19.1. The molecule has 0 saturated carbocycles. The highest BCUT2D eigenvalue weighted by Gasteiger charge is 2.15. The van der Waals surface area contributed by atoms with Gasteiger partial charge in [0.2, 0.25) is 0 Å². The largest absolute Gasteiger partial charge is 0.257 e. The molecular formula is C23H30N2. The highest BCUT2D eigenvalue weighted by molar-refractivity contribution is 6.07. The summed E-state index contributed by atoms with van der Waals surface area (Å²) in [5.41, 5.74) is 9.34. The predicted octanol–water partition coefficient (Wildman–Crippen LogP) is 6.83. The van der Waals surface area contributed by atoms with Crippen LogP contribution < -0.4 is 0 Å². The van der Waals surface area contributed by atoms with E-state index in [1.807, 2.05) is 0 Å². The van der Waals surface area contributed by atoms with Crippen LogP contribution in [0.4, 0.5) is 11.4 Å². The molecule has 0 amide bonds. The van der Waals surface area contributed by atoms with Crippen LogP contribution >= 0.6 is 0 Å². The van der Waals surface area contributed by atoms with Crippen molar-refractivity contribution >= 4 is 22.8 Å². The lowest BCUT2D eigenvalue weighted by Gasteiger charge is -2.17. The summed E-state index contributed by atoms with van der Waals surface area (Å²) >= 11 is 0. The van der Waals surface area contributed by atoms with E-state index in [0.29, 0.717) is 0 Å². The lowest BCUT2D eigenvalue weighted by atomic mass is 9.95. The van der Waals surface area contributed by atoms with E-state index < -0.39 is 0 Å². The molecule has 25 heavy (non-hydrogen) atoms. The Bertz CT molecular complexity index is 705. The van der Waals surface area contributed by atoms with Gasteiger partial charge in [0, 0.05) is 17.3 Å². The fourth-order valence-corrected chi connectivity index (χ4v) is 3.37. The summed E-state index contributed by atoms with van der Waals surface area (Å²) in [6.07, 6.45) is 1.00. The summed E-state index contributed by atoms with van der Waals surface area (Å²) in [6.45, 7) is 15.0. The normalized spacial score (nSPS) is 13.9. The van der Waals surface area contributed by atoms with E-state index in [1.165, 1.54) is 22.3 Å². The summed E-state index contributed by atoms with van der Waals surface area (Å²) in [5.74, 6) is 0.262. The number of nitrogens with zero attached hydrogens (tertiary/aromatic N) is 2. The minimum atomic E-state index is 0.262. The van der Waals surface area contributed by atoms with Gasteiger partial charge in [0.1, 0.15) is 0 Å². The van der Waals surface area contributed by atoms with Gasteiger partial charge in [-0.25, -0.2) is 0 Å². The molecule has 2 aromatic rings. The topological polar surface area (TPSA) is 24.7 Å². The van der Waals surface area contributed by atoms with Crippen molar-refractivity contribution in [1.82, 2.24) is 0 Å². The Hall–Kier alpha value is -2.22. The van der Waals surface area contributed by atoms with E-state index in [9.17, 15) is 0 Å². The van der Waals surface area contributed by atoms with E-state index in [-0.39, 0.29) is 5.92 Å². The third kappa shape index (κ3) is 4.45. The van der Waals surface area contributed by atoms with Gasteiger partial charge in [0.25, 0.3) is 0 Å². The Balaban J connectivity index is 2.41. The van der Waals surface area contributed by atoms with E-state index in [1.54, 1.807) is 0 Å². The van der Waals surface area contributed by atoms with Gasteiger partial charge in [-0.2, -0.15) is 0 Å². The van der Waals surface area contributed by atoms with Crippen LogP contribution in [0.5, 0.6) is 0 Å². The van der Waals surface area contributed by atoms with Gasteiger partial charge in [-0.3, -0.25) is 9.98 Å². The number of rotatable bonds is 5. The molecule has 0 atom stereocenters. The van der Waals surface area contributed by atoms with E-state index in [2.05, 4.69) is 84.9 Å². The van der Waals surface area contributed by atoms with Crippen LogP contribution in [-0.4, -0.2) is 11.4 Å². The highest BCUT2D eigenvalue weighted by atomic mass is 14.8. The zero-order chi connectivity index (χ0) is 18.6. The Kier molecular flexibility index (Phi) is 6.30. The average Bonchev–Trinajstić information content (AvgIpc) is 2.55. The summed E-state index contributed by atoms with van der Waals surface area (Å²) in [6, 6.07) is 12.7. The molecule has 2 nitrogen and oxygen atoms in total. The predicted molar refractivity (Wildman–Crippen MR) is 111 cm³/mol. The van der Waals surface area contributed by atoms with Gasteiger partial charge >= 0.3 is 0 Å². The summed E-state index contributed by atoms with van der Waals surface area (Å²) in [4.78, 5) is 9.95. The molecule has 0 bridgehead atoms. The van der Waals surface area contributed by atoms with Gasteiger partial charge in [-0.05, 0) is 70.2 Å². The first-order valence-electron chi connectivity index (χ1n) is 9.08. The van der Waals surface area contributed by atoms with Crippen LogP contribution in [0.15, 0.2) is 46.4 Å². The monoisotopic (exact) mass is 334 g/mol. The van der Waals surface area contributed by atoms with Gasteiger partial charge in [0.15, 0.2) is 0 Å². The van der Waals surface area contributed by atoms with E-state index in [4.69, 9.17) is 9.98 Å². The van der Waals surface area contributed by atoms with Crippen molar-refractivity contribution in [3.05, 3.63) is 58.7 Å². The summed E-state index contributed by atoms with van der Waals surface area (Å²) < 4.78 is 0. The molecule has 0 radical (unpaired) electrons. The molecule has 0 N–H and O–H groups in total. The molecule has 0 heterocycles. The summed E-state index contributed by atoms with van der Waals surface area (Å²) in [7, 11) is 0. The van der Waals surface area contributed by atoms with Gasteiger partial charge in [-0.1, -0.05) is 43.3 Å². The number of hydrogen-bond acceptors (Lipinski definition) is 2. The van der Waals surface area contributed by atoms with Crippen LogP contribution in [0, 0.1) is 33.6 Å². The number of hydrogen-bond donors (Lipinski definition) is 0. The first-order valence-corrected chi connectivity index (χ1v) is 9.08. The van der Waals surface area contributed by atoms with Crippen molar-refractivity contribution in [1.29, 1.82) is 0 Å². The van der Waals surface area contributed by atoms with Gasteiger partial charge < -0.3 is 0 Å². The van der Waals surface area contributed by atoms with Crippen molar-refractivity contribution in [3.63, 3.8) is 0 Å². The van der Waals surface area contributed by atoms with Crippen LogP contribution in [0.2, 0.25) is 0 Å². The van der Waals surface area contributed by atoms with E-state index in [0.717, 1.165) is 29.2 Å². The van der Waals surface area contributed by atoms with Crippen molar-refractivity contribution in [2.24, 2.45) is 15.9 Å². The maximum absolute atomic E-state index is 4.97. The van der Waals surface area contributed by atoms with Crippen molar-refractivity contribution < 1.29 is 0 Å². The fourth-order valence-electron chi connectivity index (χ4n) is 3.37. The lowest BCUT2D eigenvalue weighted by Crippen LogP contribution is -2.19. The molecule has 0 spiro atoms. The third-order valence-electron chi connectivity index (χ3n) is 4.87. The van der Waals surface area contributed by atoms with Crippen LogP contribution in [0.3, 0.4) is 0 Å². The number of aliphatic imine (C=N–C) groups is 2. The SMILES string of the molecule is CCC(C(C)=Nc1c(C)cccc1C)C(C)=Nc1c(C)cccc1C. The van der Waals surface area contributed by atoms with Crippen LogP contribution in [0.25, 0.3) is 0 Å². The molecule has 0 aliphatic carbocycles. The number of aryl methyl sites for hydroxylation is 4. The zero-order valence-corrected chi connectivity index (χ0v) is 16.6. The smallest absolute Gasteiger partial charge is 0.0687 e. The maximum Gasteiger partial charge on any atom is 0.0687 e. The Morgan fingerprint density at radius 3 is 1.32 bits per heavy atom. The molecule has 0 aromatic heterocycles.